The maximum Gasteiger partial charge on any atom is 0.353 e. The second-order valence-electron chi connectivity index (χ2n) is 5.51. The van der Waals surface area contributed by atoms with Crippen LogP contribution in [0.1, 0.15) is 41.5 Å². The number of unbranched alkanes of at least 4 members (excludes halogenated alkanes) is 1. The molecule has 0 saturated carbocycles. The lowest BCUT2D eigenvalue weighted by molar-refractivity contribution is 0.0687. The fourth-order valence-electron chi connectivity index (χ4n) is 2.86. The van der Waals surface area contributed by atoms with Gasteiger partial charge < -0.3 is 14.4 Å². The van der Waals surface area contributed by atoms with Crippen molar-refractivity contribution in [3.8, 4) is 29.0 Å². The Balaban J connectivity index is 2.40. The quantitative estimate of drug-likeness (QED) is 0.779. The first kappa shape index (κ1) is 18.1. The van der Waals surface area contributed by atoms with Gasteiger partial charge in [0.25, 0.3) is 0 Å². The molecule has 1 aromatic carbocycles. The van der Waals surface area contributed by atoms with Crippen LogP contribution in [0, 0.1) is 22.7 Å². The van der Waals surface area contributed by atoms with Crippen LogP contribution in [0.2, 0.25) is 0 Å². The lowest BCUT2D eigenvalue weighted by atomic mass is 10.00. The van der Waals surface area contributed by atoms with Crippen LogP contribution in [0.25, 0.3) is 11.1 Å². The molecule has 0 atom stereocenters. The second kappa shape index (κ2) is 8.03. The molecule has 0 radical (unpaired) electrons. The predicted molar refractivity (Wildman–Crippen MR) is 92.2 cm³/mol. The van der Waals surface area contributed by atoms with E-state index in [1.54, 1.807) is 35.9 Å². The van der Waals surface area contributed by atoms with Gasteiger partial charge in [0.15, 0.2) is 0 Å². The normalized spacial score (nSPS) is 10.1. The summed E-state index contributed by atoms with van der Waals surface area (Å²) < 4.78 is 7.12. The van der Waals surface area contributed by atoms with Gasteiger partial charge in [-0.3, -0.25) is 0 Å². The van der Waals surface area contributed by atoms with Gasteiger partial charge in [0, 0.05) is 24.7 Å². The van der Waals surface area contributed by atoms with Gasteiger partial charge in [-0.2, -0.15) is 10.5 Å². The zero-order valence-corrected chi connectivity index (χ0v) is 14.2. The van der Waals surface area contributed by atoms with E-state index < -0.39 is 5.97 Å². The molecule has 1 aromatic heterocycles. The molecule has 6 nitrogen and oxygen atoms in total. The van der Waals surface area contributed by atoms with Gasteiger partial charge in [0.1, 0.15) is 17.5 Å². The van der Waals surface area contributed by atoms with Crippen LogP contribution in [-0.4, -0.2) is 22.2 Å². The Labute approximate surface area is 146 Å². The van der Waals surface area contributed by atoms with Gasteiger partial charge in [-0.25, -0.2) is 4.79 Å². The highest BCUT2D eigenvalue weighted by molar-refractivity contribution is 5.97. The number of hydrogen-bond acceptors (Lipinski definition) is 4. The predicted octanol–water partition coefficient (Wildman–Crippen LogP) is 3.51. The summed E-state index contributed by atoms with van der Waals surface area (Å²) in [6.45, 7) is 2.34. The summed E-state index contributed by atoms with van der Waals surface area (Å²) in [5.41, 5.74) is 2.30. The third kappa shape index (κ3) is 3.64. The van der Waals surface area contributed by atoms with Gasteiger partial charge in [-0.05, 0) is 30.5 Å². The molecule has 0 aliphatic heterocycles. The highest BCUT2D eigenvalue weighted by atomic mass is 16.5. The molecule has 0 spiro atoms. The molecule has 0 aliphatic rings. The minimum absolute atomic E-state index is 0.107. The van der Waals surface area contributed by atoms with Crippen molar-refractivity contribution in [3.63, 3.8) is 0 Å². The molecule has 0 bridgehead atoms. The number of nitriles is 2. The van der Waals surface area contributed by atoms with Crippen molar-refractivity contribution in [3.05, 3.63) is 41.2 Å². The van der Waals surface area contributed by atoms with Crippen molar-refractivity contribution >= 4 is 5.97 Å². The Morgan fingerprint density at radius 3 is 2.48 bits per heavy atom. The Morgan fingerprint density at radius 2 is 1.96 bits per heavy atom. The zero-order chi connectivity index (χ0) is 18.4. The number of aromatic nitrogens is 1. The van der Waals surface area contributed by atoms with Crippen LogP contribution < -0.4 is 4.74 Å². The molecule has 128 valence electrons. The van der Waals surface area contributed by atoms with Crippen LogP contribution in [-0.2, 0) is 13.5 Å². The highest BCUT2D eigenvalue weighted by Gasteiger charge is 2.25. The maximum absolute atomic E-state index is 11.7. The average molecular weight is 337 g/mol. The summed E-state index contributed by atoms with van der Waals surface area (Å²) in [4.78, 5) is 11.7. The summed E-state index contributed by atoms with van der Waals surface area (Å²) in [5, 5.41) is 27.6. The van der Waals surface area contributed by atoms with E-state index in [9.17, 15) is 15.2 Å². The van der Waals surface area contributed by atoms with E-state index in [1.165, 1.54) is 0 Å². The Kier molecular flexibility index (Phi) is 5.81. The number of aromatic carboxylic acids is 1. The highest BCUT2D eigenvalue weighted by Crippen LogP contribution is 2.33. The van der Waals surface area contributed by atoms with Gasteiger partial charge in [-0.15, -0.1) is 0 Å². The topological polar surface area (TPSA) is 99.0 Å². The fraction of sp³-hybridized carbons (Fsp3) is 0.316. The van der Waals surface area contributed by atoms with E-state index in [2.05, 4.69) is 12.1 Å². The van der Waals surface area contributed by atoms with Crippen molar-refractivity contribution in [2.75, 3.05) is 6.61 Å². The minimum Gasteiger partial charge on any atom is -0.494 e. The second-order valence-corrected chi connectivity index (χ2v) is 5.51. The molecular weight excluding hydrogens is 318 g/mol. The molecule has 25 heavy (non-hydrogen) atoms. The van der Waals surface area contributed by atoms with E-state index in [1.807, 2.05) is 6.92 Å². The van der Waals surface area contributed by atoms with E-state index in [0.717, 1.165) is 0 Å². The summed E-state index contributed by atoms with van der Waals surface area (Å²) in [7, 11) is 1.67. The molecule has 0 amide bonds. The summed E-state index contributed by atoms with van der Waals surface area (Å²) in [6.07, 6.45) is 1.66. The summed E-state index contributed by atoms with van der Waals surface area (Å²) in [6, 6.07) is 11.2. The number of carboxylic acids is 1. The van der Waals surface area contributed by atoms with Gasteiger partial charge in [0.2, 0.25) is 0 Å². The number of ether oxygens (including phenoxy) is 1. The number of nitrogens with zero attached hydrogens (tertiary/aromatic N) is 3. The molecule has 2 rings (SSSR count). The van der Waals surface area contributed by atoms with Crippen LogP contribution in [0.15, 0.2) is 24.3 Å². The molecule has 0 saturated heterocycles. The maximum atomic E-state index is 11.7. The third-order valence-electron chi connectivity index (χ3n) is 4.01. The molecular formula is C19H19N3O3. The van der Waals surface area contributed by atoms with Crippen molar-refractivity contribution in [1.29, 1.82) is 10.5 Å². The van der Waals surface area contributed by atoms with Crippen LogP contribution >= 0.6 is 0 Å². The van der Waals surface area contributed by atoms with E-state index >= 15 is 0 Å². The molecule has 6 heteroatoms. The van der Waals surface area contributed by atoms with Crippen molar-refractivity contribution in [2.45, 2.75) is 26.2 Å². The van der Waals surface area contributed by atoms with Gasteiger partial charge in [0.05, 0.1) is 18.2 Å². The van der Waals surface area contributed by atoms with Crippen molar-refractivity contribution in [2.24, 2.45) is 7.05 Å². The molecule has 1 heterocycles. The molecule has 0 fully saturated rings. The molecule has 0 aliphatic carbocycles. The standard InChI is InChI=1S/C19H19N3O3/c1-3-16-15(12-21)17(18(19(23)24)22(16)2)13-6-8-14(9-7-13)25-11-5-4-10-20/h6-9H,3-5,11H2,1-2H3,(H,23,24). The van der Waals surface area contributed by atoms with Crippen LogP contribution in [0.5, 0.6) is 5.75 Å². The molecule has 2 aromatic rings. The third-order valence-corrected chi connectivity index (χ3v) is 4.01. The van der Waals surface area contributed by atoms with E-state index in [0.29, 0.717) is 54.0 Å². The summed E-state index contributed by atoms with van der Waals surface area (Å²) in [5.74, 6) is -0.422. The smallest absolute Gasteiger partial charge is 0.353 e. The Bertz CT molecular complexity index is 852. The zero-order valence-electron chi connectivity index (χ0n) is 14.2. The average Bonchev–Trinajstić information content (AvgIpc) is 2.91. The minimum atomic E-state index is -1.06. The fourth-order valence-corrected chi connectivity index (χ4v) is 2.86. The lowest BCUT2D eigenvalue weighted by Gasteiger charge is -2.07. The SMILES string of the molecule is CCc1c(C#N)c(-c2ccc(OCCCC#N)cc2)c(C(=O)O)n1C. The largest absolute Gasteiger partial charge is 0.494 e. The molecule has 0 unspecified atom stereocenters. The monoisotopic (exact) mass is 337 g/mol. The van der Waals surface area contributed by atoms with Crippen LogP contribution in [0.4, 0.5) is 0 Å². The number of hydrogen-bond donors (Lipinski definition) is 1. The lowest BCUT2D eigenvalue weighted by Crippen LogP contribution is -2.07. The van der Waals surface area contributed by atoms with Crippen molar-refractivity contribution < 1.29 is 14.6 Å². The van der Waals surface area contributed by atoms with E-state index in [-0.39, 0.29) is 5.69 Å². The number of benzene rings is 1. The van der Waals surface area contributed by atoms with Crippen molar-refractivity contribution in [1.82, 2.24) is 4.57 Å². The Morgan fingerprint density at radius 1 is 1.28 bits per heavy atom. The van der Waals surface area contributed by atoms with Gasteiger partial charge in [-0.1, -0.05) is 19.1 Å². The first-order valence-corrected chi connectivity index (χ1v) is 8.00. The van der Waals surface area contributed by atoms with Gasteiger partial charge >= 0.3 is 5.97 Å². The first-order chi connectivity index (χ1) is 12.0. The summed E-state index contributed by atoms with van der Waals surface area (Å²) >= 11 is 0. The van der Waals surface area contributed by atoms with Crippen LogP contribution in [0.3, 0.4) is 0 Å². The first-order valence-electron chi connectivity index (χ1n) is 8.00. The van der Waals surface area contributed by atoms with E-state index in [4.69, 9.17) is 10.00 Å². The number of carbonyl (C=O) groups is 1. The number of carboxylic acid groups (broad SMARTS) is 1. The Hall–Kier alpha value is -3.25. The number of rotatable bonds is 7. The molecule has 1 N–H and O–H groups in total.